The summed E-state index contributed by atoms with van der Waals surface area (Å²) < 4.78 is 5.75. The number of hydroxylamine groups is 1. The lowest BCUT2D eigenvalue weighted by molar-refractivity contribution is 0.0706. The van der Waals surface area contributed by atoms with Crippen LogP contribution in [0.25, 0.3) is 11.1 Å². The third kappa shape index (κ3) is 3.77. The smallest absolute Gasteiger partial charge is 0.276 e. The zero-order chi connectivity index (χ0) is 16.8. The fourth-order valence-electron chi connectivity index (χ4n) is 2.27. The second-order valence-corrected chi connectivity index (χ2v) is 5.20. The molecule has 1 heterocycles. The summed E-state index contributed by atoms with van der Waals surface area (Å²) in [5.74, 6) is 0.173. The first kappa shape index (κ1) is 15.7. The molecule has 5 nitrogen and oxygen atoms in total. The summed E-state index contributed by atoms with van der Waals surface area (Å²) >= 11 is 0. The van der Waals surface area contributed by atoms with E-state index in [1.807, 2.05) is 54.6 Å². The molecule has 0 aliphatic rings. The summed E-state index contributed by atoms with van der Waals surface area (Å²) in [5.41, 5.74) is 4.69. The highest BCUT2D eigenvalue weighted by Crippen LogP contribution is 2.23. The second-order valence-electron chi connectivity index (χ2n) is 5.20. The number of carbonyl (C=O) groups excluding carboxylic acids is 1. The number of hydrogen-bond acceptors (Lipinski definition) is 4. The van der Waals surface area contributed by atoms with Crippen LogP contribution in [0.3, 0.4) is 0 Å². The molecule has 3 rings (SSSR count). The lowest BCUT2D eigenvalue weighted by atomic mass is 10.1. The van der Waals surface area contributed by atoms with Crippen molar-refractivity contribution in [3.05, 3.63) is 84.2 Å². The molecule has 0 spiro atoms. The first-order valence-electron chi connectivity index (χ1n) is 7.43. The molecule has 24 heavy (non-hydrogen) atoms. The van der Waals surface area contributed by atoms with Gasteiger partial charge in [0.1, 0.15) is 12.4 Å². The lowest BCUT2D eigenvalue weighted by Crippen LogP contribution is -2.18. The highest BCUT2D eigenvalue weighted by Gasteiger charge is 2.07. The van der Waals surface area contributed by atoms with E-state index in [1.54, 1.807) is 17.7 Å². The van der Waals surface area contributed by atoms with E-state index in [0.717, 1.165) is 22.4 Å². The number of aromatic nitrogens is 1. The molecule has 2 N–H and O–H groups in total. The number of carbonyl (C=O) groups is 1. The minimum atomic E-state index is -0.591. The molecular formula is C19H16N2O3. The normalized spacial score (nSPS) is 10.2. The molecule has 0 aliphatic carbocycles. The van der Waals surface area contributed by atoms with E-state index < -0.39 is 5.91 Å². The van der Waals surface area contributed by atoms with Crippen molar-refractivity contribution in [1.29, 1.82) is 0 Å². The number of rotatable bonds is 5. The Hall–Kier alpha value is -3.18. The van der Waals surface area contributed by atoms with Crippen LogP contribution in [0.4, 0.5) is 0 Å². The predicted octanol–water partition coefficient (Wildman–Crippen LogP) is 3.45. The highest BCUT2D eigenvalue weighted by atomic mass is 16.5. The van der Waals surface area contributed by atoms with E-state index in [4.69, 9.17) is 9.94 Å². The molecule has 5 heteroatoms. The SMILES string of the molecule is O=C(NO)c1cncc(-c2ccc(OCc3ccccc3)cc2)c1. The maximum Gasteiger partial charge on any atom is 0.276 e. The summed E-state index contributed by atoms with van der Waals surface area (Å²) in [5, 5.41) is 8.70. The van der Waals surface area contributed by atoms with E-state index in [2.05, 4.69) is 4.98 Å². The third-order valence-electron chi connectivity index (χ3n) is 3.54. The summed E-state index contributed by atoms with van der Waals surface area (Å²) in [6.45, 7) is 0.508. The van der Waals surface area contributed by atoms with Gasteiger partial charge in [0, 0.05) is 18.0 Å². The zero-order valence-corrected chi connectivity index (χ0v) is 12.8. The number of ether oxygens (including phenoxy) is 1. The maximum absolute atomic E-state index is 11.4. The molecule has 0 unspecified atom stereocenters. The van der Waals surface area contributed by atoms with Crippen molar-refractivity contribution < 1.29 is 14.7 Å². The first-order valence-corrected chi connectivity index (χ1v) is 7.43. The average Bonchev–Trinajstić information content (AvgIpc) is 2.67. The summed E-state index contributed by atoms with van der Waals surface area (Å²) in [7, 11) is 0. The van der Waals surface area contributed by atoms with Gasteiger partial charge in [-0.15, -0.1) is 0 Å². The van der Waals surface area contributed by atoms with E-state index >= 15 is 0 Å². The molecule has 0 bridgehead atoms. The topological polar surface area (TPSA) is 71.5 Å². The second kappa shape index (κ2) is 7.39. The maximum atomic E-state index is 11.4. The Bertz CT molecular complexity index is 818. The minimum absolute atomic E-state index is 0.291. The van der Waals surface area contributed by atoms with Crippen LogP contribution in [0.1, 0.15) is 15.9 Å². The van der Waals surface area contributed by atoms with E-state index in [9.17, 15) is 4.79 Å². The standard InChI is InChI=1S/C19H16N2O3/c22-19(21-23)17-10-16(11-20-12-17)15-6-8-18(9-7-15)24-13-14-4-2-1-3-5-14/h1-12,23H,13H2,(H,21,22). The Kier molecular flexibility index (Phi) is 4.84. The number of pyridine rings is 1. The van der Waals surface area contributed by atoms with Gasteiger partial charge in [-0.2, -0.15) is 0 Å². The quantitative estimate of drug-likeness (QED) is 0.558. The summed E-state index contributed by atoms with van der Waals surface area (Å²) in [4.78, 5) is 15.5. The van der Waals surface area contributed by atoms with Crippen LogP contribution in [0.5, 0.6) is 5.75 Å². The van der Waals surface area contributed by atoms with Crippen molar-refractivity contribution in [2.75, 3.05) is 0 Å². The molecular weight excluding hydrogens is 304 g/mol. The molecule has 2 aromatic carbocycles. The van der Waals surface area contributed by atoms with Gasteiger partial charge < -0.3 is 4.74 Å². The van der Waals surface area contributed by atoms with Crippen LogP contribution in [0.15, 0.2) is 73.1 Å². The van der Waals surface area contributed by atoms with Gasteiger partial charge in [0.15, 0.2) is 0 Å². The zero-order valence-electron chi connectivity index (χ0n) is 12.8. The van der Waals surface area contributed by atoms with Crippen molar-refractivity contribution in [1.82, 2.24) is 10.5 Å². The van der Waals surface area contributed by atoms with Crippen LogP contribution in [-0.4, -0.2) is 16.1 Å². The minimum Gasteiger partial charge on any atom is -0.489 e. The van der Waals surface area contributed by atoms with Gasteiger partial charge in [-0.05, 0) is 29.3 Å². The Morgan fingerprint density at radius 1 is 1.00 bits per heavy atom. The number of nitrogens with one attached hydrogen (secondary N) is 1. The van der Waals surface area contributed by atoms with Crippen molar-refractivity contribution >= 4 is 5.91 Å². The van der Waals surface area contributed by atoms with Gasteiger partial charge in [-0.3, -0.25) is 15.0 Å². The highest BCUT2D eigenvalue weighted by molar-refractivity contribution is 5.94. The van der Waals surface area contributed by atoms with Gasteiger partial charge in [0.05, 0.1) is 5.56 Å². The van der Waals surface area contributed by atoms with Gasteiger partial charge >= 0.3 is 0 Å². The molecule has 0 radical (unpaired) electrons. The molecule has 120 valence electrons. The van der Waals surface area contributed by atoms with Gasteiger partial charge in [-0.1, -0.05) is 42.5 Å². The average molecular weight is 320 g/mol. The number of benzene rings is 2. The molecule has 0 fully saturated rings. The predicted molar refractivity (Wildman–Crippen MR) is 89.7 cm³/mol. The van der Waals surface area contributed by atoms with Gasteiger partial charge in [0.2, 0.25) is 0 Å². The Balaban J connectivity index is 1.71. The van der Waals surface area contributed by atoms with Crippen molar-refractivity contribution in [2.24, 2.45) is 0 Å². The van der Waals surface area contributed by atoms with Gasteiger partial charge in [-0.25, -0.2) is 5.48 Å². The van der Waals surface area contributed by atoms with Crippen LogP contribution in [-0.2, 0) is 6.61 Å². The Morgan fingerprint density at radius 3 is 2.46 bits per heavy atom. The molecule has 0 atom stereocenters. The van der Waals surface area contributed by atoms with Crippen LogP contribution in [0.2, 0.25) is 0 Å². The van der Waals surface area contributed by atoms with E-state index in [0.29, 0.717) is 12.2 Å². The summed E-state index contributed by atoms with van der Waals surface area (Å²) in [6, 6.07) is 19.2. The fourth-order valence-corrected chi connectivity index (χ4v) is 2.27. The number of amides is 1. The molecule has 3 aromatic rings. The Morgan fingerprint density at radius 2 is 1.75 bits per heavy atom. The summed E-state index contributed by atoms with van der Waals surface area (Å²) in [6.07, 6.45) is 3.06. The molecule has 0 saturated heterocycles. The van der Waals surface area contributed by atoms with Crippen molar-refractivity contribution in [3.8, 4) is 16.9 Å². The molecule has 0 aliphatic heterocycles. The van der Waals surface area contributed by atoms with Gasteiger partial charge in [0.25, 0.3) is 5.91 Å². The fraction of sp³-hybridized carbons (Fsp3) is 0.0526. The van der Waals surface area contributed by atoms with E-state index in [1.165, 1.54) is 6.20 Å². The van der Waals surface area contributed by atoms with Crippen molar-refractivity contribution in [3.63, 3.8) is 0 Å². The monoisotopic (exact) mass is 320 g/mol. The lowest BCUT2D eigenvalue weighted by Gasteiger charge is -2.08. The van der Waals surface area contributed by atoms with Crippen LogP contribution < -0.4 is 10.2 Å². The largest absolute Gasteiger partial charge is 0.489 e. The Labute approximate surface area is 139 Å². The third-order valence-corrected chi connectivity index (χ3v) is 3.54. The number of hydrogen-bond donors (Lipinski definition) is 2. The van der Waals surface area contributed by atoms with Crippen LogP contribution >= 0.6 is 0 Å². The molecule has 1 amide bonds. The van der Waals surface area contributed by atoms with Crippen molar-refractivity contribution in [2.45, 2.75) is 6.61 Å². The molecule has 1 aromatic heterocycles. The molecule has 0 saturated carbocycles. The first-order chi connectivity index (χ1) is 11.8. The van der Waals surface area contributed by atoms with E-state index in [-0.39, 0.29) is 0 Å². The van der Waals surface area contributed by atoms with Crippen LogP contribution in [0, 0.1) is 0 Å². The number of nitrogens with zero attached hydrogens (tertiary/aromatic N) is 1.